The van der Waals surface area contributed by atoms with Gasteiger partial charge in [0.15, 0.2) is 17.3 Å². The Hall–Kier alpha value is -3.98. The average Bonchev–Trinajstić information content (AvgIpc) is 2.88. The summed E-state index contributed by atoms with van der Waals surface area (Å²) in [6, 6.07) is 16.9. The van der Waals surface area contributed by atoms with Gasteiger partial charge in [-0.25, -0.2) is 0 Å². The summed E-state index contributed by atoms with van der Waals surface area (Å²) in [6.45, 7) is 0. The molecule has 4 rings (SSSR count). The molecule has 3 aromatic carbocycles. The maximum atomic E-state index is 12.9. The molecular weight excluding hydrogens is 503 g/mol. The van der Waals surface area contributed by atoms with Crippen molar-refractivity contribution in [1.29, 1.82) is 0 Å². The first kappa shape index (κ1) is 26.1. The van der Waals surface area contributed by atoms with Crippen LogP contribution in [0, 0.1) is 0 Å². The Balaban J connectivity index is 1.43. The van der Waals surface area contributed by atoms with Gasteiger partial charge >= 0.3 is 6.18 Å². The summed E-state index contributed by atoms with van der Waals surface area (Å²) in [5.74, 6) is 1.83. The number of nitrogens with zero attached hydrogens (tertiary/aromatic N) is 1. The fraction of sp³-hybridized carbons (Fsp3) is 0.179. The molecule has 0 fully saturated rings. The van der Waals surface area contributed by atoms with Crippen LogP contribution in [0.2, 0.25) is 0 Å². The number of rotatable bonds is 9. The summed E-state index contributed by atoms with van der Waals surface area (Å²) >= 11 is 5.35. The Morgan fingerprint density at radius 2 is 1.62 bits per heavy atom. The zero-order valence-electron chi connectivity index (χ0n) is 20.0. The molecule has 0 spiro atoms. The number of alkyl halides is 3. The largest absolute Gasteiger partial charge is 0.493 e. The van der Waals surface area contributed by atoms with Crippen LogP contribution in [0.15, 0.2) is 72.9 Å². The van der Waals surface area contributed by atoms with Crippen molar-refractivity contribution in [2.45, 2.75) is 19.0 Å². The first-order chi connectivity index (χ1) is 17.7. The van der Waals surface area contributed by atoms with Gasteiger partial charge in [-0.2, -0.15) is 13.2 Å². The maximum Gasteiger partial charge on any atom is 0.416 e. The number of ketones is 1. The van der Waals surface area contributed by atoms with Crippen molar-refractivity contribution in [1.82, 2.24) is 4.98 Å². The minimum Gasteiger partial charge on any atom is -0.493 e. The van der Waals surface area contributed by atoms with Gasteiger partial charge in [-0.1, -0.05) is 36.5 Å². The van der Waals surface area contributed by atoms with Crippen LogP contribution < -0.4 is 14.2 Å². The molecule has 5 nitrogen and oxygen atoms in total. The van der Waals surface area contributed by atoms with E-state index in [-0.39, 0.29) is 12.0 Å². The fourth-order valence-corrected chi connectivity index (χ4v) is 4.08. The topological polar surface area (TPSA) is 57.7 Å². The first-order valence-electron chi connectivity index (χ1n) is 11.2. The van der Waals surface area contributed by atoms with E-state index in [2.05, 4.69) is 4.98 Å². The van der Waals surface area contributed by atoms with Crippen LogP contribution in [0.1, 0.15) is 27.9 Å². The van der Waals surface area contributed by atoms with Crippen molar-refractivity contribution in [3.8, 4) is 23.0 Å². The number of fused-ring (bicyclic) bond motifs is 1. The summed E-state index contributed by atoms with van der Waals surface area (Å²) in [7, 11) is 3.11. The molecule has 9 heteroatoms. The Morgan fingerprint density at radius 3 is 2.30 bits per heavy atom. The molecule has 190 valence electrons. The number of thiocarbonyl (C=S) groups is 1. The van der Waals surface area contributed by atoms with Gasteiger partial charge in [-0.05, 0) is 42.0 Å². The molecule has 0 atom stereocenters. The molecular formula is C28H22F3NO4S. The van der Waals surface area contributed by atoms with E-state index in [4.69, 9.17) is 26.4 Å². The number of Topliss-reactive ketones (excluding diaryl/α,β-unsaturated/α-hetero) is 1. The highest BCUT2D eigenvalue weighted by Gasteiger charge is 2.30. The molecule has 0 unspecified atom stereocenters. The number of aromatic nitrogens is 1. The highest BCUT2D eigenvalue weighted by molar-refractivity contribution is 7.80. The van der Waals surface area contributed by atoms with Gasteiger partial charge in [-0.3, -0.25) is 9.78 Å². The predicted molar refractivity (Wildman–Crippen MR) is 138 cm³/mol. The number of methoxy groups -OCH3 is 2. The fourth-order valence-electron chi connectivity index (χ4n) is 3.78. The lowest BCUT2D eigenvalue weighted by molar-refractivity contribution is -0.137. The summed E-state index contributed by atoms with van der Waals surface area (Å²) in [6.07, 6.45) is -2.67. The van der Waals surface area contributed by atoms with Crippen molar-refractivity contribution in [3.63, 3.8) is 0 Å². The first-order valence-corrected chi connectivity index (χ1v) is 11.6. The molecule has 0 bridgehead atoms. The molecule has 0 N–H and O–H groups in total. The molecule has 0 radical (unpaired) electrons. The number of carbonyl (C=O) groups excluding carboxylic acids is 1. The van der Waals surface area contributed by atoms with Crippen LogP contribution in [0.3, 0.4) is 0 Å². The molecule has 1 aromatic heterocycles. The van der Waals surface area contributed by atoms with Crippen LogP contribution in [0.5, 0.6) is 23.0 Å². The van der Waals surface area contributed by atoms with Crippen LogP contribution in [-0.4, -0.2) is 29.9 Å². The van der Waals surface area contributed by atoms with Crippen LogP contribution in [-0.2, 0) is 12.6 Å². The van der Waals surface area contributed by atoms with Crippen LogP contribution >= 0.6 is 12.2 Å². The molecule has 0 aliphatic heterocycles. The molecule has 0 aliphatic carbocycles. The predicted octanol–water partition coefficient (Wildman–Crippen LogP) is 7.25. The van der Waals surface area contributed by atoms with Gasteiger partial charge in [-0.15, -0.1) is 0 Å². The Morgan fingerprint density at radius 1 is 0.919 bits per heavy atom. The summed E-state index contributed by atoms with van der Waals surface area (Å²) in [5.41, 5.74) is 0.655. The lowest BCUT2D eigenvalue weighted by Gasteiger charge is -2.12. The smallest absolute Gasteiger partial charge is 0.416 e. The van der Waals surface area contributed by atoms with Gasteiger partial charge in [0.2, 0.25) is 0 Å². The van der Waals surface area contributed by atoms with E-state index in [1.807, 2.05) is 12.1 Å². The van der Waals surface area contributed by atoms with E-state index >= 15 is 0 Å². The normalized spacial score (nSPS) is 11.3. The average molecular weight is 526 g/mol. The van der Waals surface area contributed by atoms with Crippen molar-refractivity contribution >= 4 is 33.8 Å². The van der Waals surface area contributed by atoms with Crippen molar-refractivity contribution < 1.29 is 32.2 Å². The molecule has 1 heterocycles. The number of ether oxygens (including phenoxy) is 3. The van der Waals surface area contributed by atoms with Gasteiger partial charge in [0.05, 0.1) is 25.3 Å². The van der Waals surface area contributed by atoms with Gasteiger partial charge in [0.25, 0.3) is 0 Å². The standard InChI is InChI=1S/C28H22F3NO4S/c1-34-26-15-22-23(16-27(26)35-2)32-11-10-25(22)36-20-8-6-17(7-9-20)12-21(37)14-24(33)18-4-3-5-19(13-18)28(29,30)31/h3-11,13,15-16H,12,14H2,1-2H3. The molecule has 0 saturated carbocycles. The molecule has 0 aliphatic rings. The third-order valence-electron chi connectivity index (χ3n) is 5.63. The number of hydrogen-bond acceptors (Lipinski definition) is 6. The van der Waals surface area contributed by atoms with E-state index < -0.39 is 17.5 Å². The quantitative estimate of drug-likeness (QED) is 0.170. The Labute approximate surface area is 216 Å². The number of benzene rings is 3. The Kier molecular flexibility index (Phi) is 7.73. The van der Waals surface area contributed by atoms with E-state index in [0.29, 0.717) is 39.8 Å². The van der Waals surface area contributed by atoms with E-state index in [9.17, 15) is 18.0 Å². The molecule has 0 saturated heterocycles. The number of hydrogen-bond donors (Lipinski definition) is 0. The molecule has 37 heavy (non-hydrogen) atoms. The third-order valence-corrected chi connectivity index (χ3v) is 5.92. The second-order valence-electron chi connectivity index (χ2n) is 8.17. The molecule has 4 aromatic rings. The van der Waals surface area contributed by atoms with E-state index in [1.165, 1.54) is 12.1 Å². The van der Waals surface area contributed by atoms with Crippen LogP contribution in [0.25, 0.3) is 10.9 Å². The van der Waals surface area contributed by atoms with Crippen molar-refractivity contribution in [3.05, 3.63) is 89.6 Å². The maximum absolute atomic E-state index is 12.9. The highest BCUT2D eigenvalue weighted by Crippen LogP contribution is 2.37. The lowest BCUT2D eigenvalue weighted by atomic mass is 10.0. The van der Waals surface area contributed by atoms with E-state index in [1.54, 1.807) is 50.7 Å². The zero-order valence-corrected chi connectivity index (χ0v) is 20.8. The second-order valence-corrected chi connectivity index (χ2v) is 8.75. The third kappa shape index (κ3) is 6.24. The SMILES string of the molecule is COc1cc2nccc(Oc3ccc(CC(=S)CC(=O)c4cccc(C(F)(F)F)c4)cc3)c2cc1OC. The minimum atomic E-state index is -4.51. The summed E-state index contributed by atoms with van der Waals surface area (Å²) in [4.78, 5) is 17.3. The summed E-state index contributed by atoms with van der Waals surface area (Å²) < 4.78 is 55.6. The Bertz CT molecular complexity index is 1450. The monoisotopic (exact) mass is 525 g/mol. The lowest BCUT2D eigenvalue weighted by Crippen LogP contribution is -2.11. The van der Waals surface area contributed by atoms with Crippen molar-refractivity contribution in [2.75, 3.05) is 14.2 Å². The van der Waals surface area contributed by atoms with Crippen LogP contribution in [0.4, 0.5) is 13.2 Å². The molecule has 0 amide bonds. The van der Waals surface area contributed by atoms with Gasteiger partial charge < -0.3 is 14.2 Å². The van der Waals surface area contributed by atoms with Gasteiger partial charge in [0, 0.05) is 40.9 Å². The van der Waals surface area contributed by atoms with Gasteiger partial charge in [0.1, 0.15) is 11.5 Å². The number of pyridine rings is 1. The number of carbonyl (C=O) groups is 1. The van der Waals surface area contributed by atoms with E-state index in [0.717, 1.165) is 23.1 Å². The second kappa shape index (κ2) is 11.0. The highest BCUT2D eigenvalue weighted by atomic mass is 32.1. The summed E-state index contributed by atoms with van der Waals surface area (Å²) in [5, 5.41) is 0.749. The van der Waals surface area contributed by atoms with Crippen molar-refractivity contribution in [2.24, 2.45) is 0 Å². The zero-order chi connectivity index (χ0) is 26.6. The minimum absolute atomic E-state index is 0.0141. The number of halogens is 3.